The number of rotatable bonds is 5. The molecule has 1 aliphatic heterocycles. The molecule has 0 aliphatic carbocycles. The van der Waals surface area contributed by atoms with Gasteiger partial charge in [0, 0.05) is 29.9 Å². The van der Waals surface area contributed by atoms with E-state index in [4.69, 9.17) is 13.9 Å². The highest BCUT2D eigenvalue weighted by atomic mass is 16.5. The Morgan fingerprint density at radius 1 is 1.36 bits per heavy atom. The minimum absolute atomic E-state index is 0.0991. The van der Waals surface area contributed by atoms with Crippen molar-refractivity contribution >= 4 is 16.9 Å². The van der Waals surface area contributed by atoms with Gasteiger partial charge >= 0.3 is 11.6 Å². The largest absolute Gasteiger partial charge is 0.502 e. The molecule has 0 unspecified atom stereocenters. The minimum atomic E-state index is -0.539. The molecule has 3 rings (SSSR count). The number of benzene rings is 1. The lowest BCUT2D eigenvalue weighted by molar-refractivity contribution is -0.138. The molecule has 0 bridgehead atoms. The Hall–Kier alpha value is -3.02. The molecule has 0 amide bonds. The van der Waals surface area contributed by atoms with Gasteiger partial charge in [-0.3, -0.25) is 0 Å². The van der Waals surface area contributed by atoms with Crippen LogP contribution in [0.5, 0.6) is 11.5 Å². The average molecular weight is 342 g/mol. The van der Waals surface area contributed by atoms with Gasteiger partial charge in [0.15, 0.2) is 11.3 Å². The monoisotopic (exact) mass is 342 g/mol. The summed E-state index contributed by atoms with van der Waals surface area (Å²) in [6.07, 6.45) is 2.81. The summed E-state index contributed by atoms with van der Waals surface area (Å²) < 4.78 is 15.7. The van der Waals surface area contributed by atoms with Gasteiger partial charge in [-0.15, -0.1) is 0 Å². The zero-order valence-electron chi connectivity index (χ0n) is 13.8. The first-order valence-corrected chi connectivity index (χ1v) is 7.87. The van der Waals surface area contributed by atoms with Crippen LogP contribution in [0.15, 0.2) is 57.3 Å². The van der Waals surface area contributed by atoms with Crippen LogP contribution < -0.4 is 10.4 Å². The molecule has 0 saturated carbocycles. The molecule has 1 saturated heterocycles. The lowest BCUT2D eigenvalue weighted by Gasteiger charge is -2.10. The van der Waals surface area contributed by atoms with Gasteiger partial charge in [0.05, 0.1) is 0 Å². The van der Waals surface area contributed by atoms with Crippen molar-refractivity contribution in [2.45, 2.75) is 25.9 Å². The lowest BCUT2D eigenvalue weighted by atomic mass is 10.1. The van der Waals surface area contributed by atoms with Gasteiger partial charge in [0.25, 0.3) is 0 Å². The summed E-state index contributed by atoms with van der Waals surface area (Å²) in [5, 5.41) is 10.8. The highest BCUT2D eigenvalue weighted by Crippen LogP contribution is 2.33. The molecule has 1 fully saturated rings. The van der Waals surface area contributed by atoms with Gasteiger partial charge in [-0.25, -0.2) is 9.59 Å². The third-order valence-corrected chi connectivity index (χ3v) is 3.98. The smallest absolute Gasteiger partial charge is 0.336 e. The van der Waals surface area contributed by atoms with E-state index in [0.29, 0.717) is 23.8 Å². The van der Waals surface area contributed by atoms with Crippen molar-refractivity contribution < 1.29 is 23.8 Å². The Labute approximate surface area is 144 Å². The summed E-state index contributed by atoms with van der Waals surface area (Å²) in [6.45, 7) is 5.80. The highest BCUT2D eigenvalue weighted by molar-refractivity contribution is 5.90. The lowest BCUT2D eigenvalue weighted by Crippen LogP contribution is -2.07. The van der Waals surface area contributed by atoms with Crippen LogP contribution in [0.3, 0.4) is 0 Å². The summed E-state index contributed by atoms with van der Waals surface area (Å²) in [5.74, 6) is -0.314. The van der Waals surface area contributed by atoms with E-state index < -0.39 is 5.63 Å². The molecule has 25 heavy (non-hydrogen) atoms. The molecule has 2 aromatic rings. The Balaban J connectivity index is 1.64. The van der Waals surface area contributed by atoms with E-state index in [2.05, 4.69) is 6.58 Å². The molecule has 0 spiro atoms. The van der Waals surface area contributed by atoms with E-state index >= 15 is 0 Å². The number of hydrogen-bond donors (Lipinski definition) is 1. The SMILES string of the molecule is C=C1C[C@H](C/C(C)=C/COc2ccc3ccc(=O)oc3c2O)OC1=O. The first kappa shape index (κ1) is 16.8. The molecule has 1 atom stereocenters. The molecule has 130 valence electrons. The van der Waals surface area contributed by atoms with E-state index in [1.807, 2.05) is 13.0 Å². The number of fused-ring (bicyclic) bond motifs is 1. The zero-order chi connectivity index (χ0) is 18.0. The van der Waals surface area contributed by atoms with Crippen LogP contribution in [0.25, 0.3) is 11.0 Å². The first-order chi connectivity index (χ1) is 11.9. The number of phenolic OH excluding ortho intramolecular Hbond substituents is 1. The maximum atomic E-state index is 11.3. The van der Waals surface area contributed by atoms with Crippen molar-refractivity contribution in [3.63, 3.8) is 0 Å². The molecule has 1 aromatic carbocycles. The van der Waals surface area contributed by atoms with Crippen molar-refractivity contribution in [2.75, 3.05) is 6.61 Å². The number of aromatic hydroxyl groups is 1. The molecule has 1 aromatic heterocycles. The van der Waals surface area contributed by atoms with Crippen molar-refractivity contribution in [3.8, 4) is 11.5 Å². The van der Waals surface area contributed by atoms with E-state index in [0.717, 1.165) is 5.57 Å². The molecule has 6 heteroatoms. The second-order valence-electron chi connectivity index (χ2n) is 5.99. The fourth-order valence-electron chi connectivity index (χ4n) is 2.68. The van der Waals surface area contributed by atoms with Crippen molar-refractivity contribution in [3.05, 3.63) is 58.5 Å². The van der Waals surface area contributed by atoms with Crippen LogP contribution in [-0.2, 0) is 9.53 Å². The predicted octanol–water partition coefficient (Wildman–Crippen LogP) is 3.09. The Morgan fingerprint density at radius 2 is 2.12 bits per heavy atom. The number of cyclic esters (lactones) is 1. The molecule has 6 nitrogen and oxygen atoms in total. The average Bonchev–Trinajstić information content (AvgIpc) is 2.87. The number of carbonyl (C=O) groups excluding carboxylic acids is 1. The van der Waals surface area contributed by atoms with E-state index in [9.17, 15) is 14.7 Å². The van der Waals surface area contributed by atoms with Gasteiger partial charge in [0.2, 0.25) is 5.75 Å². The number of carbonyl (C=O) groups is 1. The van der Waals surface area contributed by atoms with Crippen molar-refractivity contribution in [1.29, 1.82) is 0 Å². The molecular weight excluding hydrogens is 324 g/mol. The maximum absolute atomic E-state index is 11.3. The third-order valence-electron chi connectivity index (χ3n) is 3.98. The van der Waals surface area contributed by atoms with Crippen LogP contribution in [0.2, 0.25) is 0 Å². The van der Waals surface area contributed by atoms with Gasteiger partial charge in [-0.2, -0.15) is 0 Å². The van der Waals surface area contributed by atoms with E-state index in [1.54, 1.807) is 18.2 Å². The number of phenols is 1. The summed E-state index contributed by atoms with van der Waals surface area (Å²) in [5.41, 5.74) is 1.06. The number of hydrogen-bond acceptors (Lipinski definition) is 6. The van der Waals surface area contributed by atoms with Gasteiger partial charge in [0.1, 0.15) is 12.7 Å². The molecular formula is C19H18O6. The summed E-state index contributed by atoms with van der Waals surface area (Å²) in [7, 11) is 0. The van der Waals surface area contributed by atoms with Crippen LogP contribution >= 0.6 is 0 Å². The molecule has 1 N–H and O–H groups in total. The van der Waals surface area contributed by atoms with Gasteiger partial charge in [-0.1, -0.05) is 12.2 Å². The third kappa shape index (κ3) is 3.74. The van der Waals surface area contributed by atoms with Crippen LogP contribution in [-0.4, -0.2) is 23.8 Å². The maximum Gasteiger partial charge on any atom is 0.336 e. The normalized spacial score (nSPS) is 17.8. The summed E-state index contributed by atoms with van der Waals surface area (Å²) in [6, 6.07) is 6.18. The van der Waals surface area contributed by atoms with Gasteiger partial charge < -0.3 is 19.0 Å². The zero-order valence-corrected chi connectivity index (χ0v) is 13.8. The van der Waals surface area contributed by atoms with Crippen LogP contribution in [0.4, 0.5) is 0 Å². The number of esters is 1. The second-order valence-corrected chi connectivity index (χ2v) is 5.99. The van der Waals surface area contributed by atoms with E-state index in [1.165, 1.54) is 6.07 Å². The molecule has 0 radical (unpaired) electrons. The molecule has 1 aliphatic rings. The Bertz CT molecular complexity index is 905. The van der Waals surface area contributed by atoms with Crippen molar-refractivity contribution in [1.82, 2.24) is 0 Å². The summed E-state index contributed by atoms with van der Waals surface area (Å²) in [4.78, 5) is 22.6. The quantitative estimate of drug-likeness (QED) is 0.389. The minimum Gasteiger partial charge on any atom is -0.502 e. The number of ether oxygens (including phenoxy) is 2. The predicted molar refractivity (Wildman–Crippen MR) is 91.7 cm³/mol. The fraction of sp³-hybridized carbons (Fsp3) is 0.263. The van der Waals surface area contributed by atoms with Gasteiger partial charge in [-0.05, 0) is 31.2 Å². The van der Waals surface area contributed by atoms with E-state index in [-0.39, 0.29) is 35.8 Å². The Kier molecular flexibility index (Phi) is 4.61. The highest BCUT2D eigenvalue weighted by Gasteiger charge is 2.27. The van der Waals surface area contributed by atoms with Crippen LogP contribution in [0, 0.1) is 0 Å². The summed E-state index contributed by atoms with van der Waals surface area (Å²) >= 11 is 0. The van der Waals surface area contributed by atoms with Crippen LogP contribution in [0.1, 0.15) is 19.8 Å². The standard InChI is InChI=1S/C19H18O6/c1-11(9-14-10-12(2)19(22)24-14)7-8-23-15-5-3-13-4-6-16(20)25-18(13)17(15)21/h3-7,14,21H,2,8-10H2,1H3/b11-7+/t14-/m0/s1. The van der Waals surface area contributed by atoms with Crippen molar-refractivity contribution in [2.24, 2.45) is 0 Å². The first-order valence-electron chi connectivity index (χ1n) is 7.87. The second kappa shape index (κ2) is 6.84. The fourth-order valence-corrected chi connectivity index (χ4v) is 2.68. The Morgan fingerprint density at radius 3 is 2.84 bits per heavy atom. The molecule has 2 heterocycles. The topological polar surface area (TPSA) is 86.0 Å².